The third-order valence-corrected chi connectivity index (χ3v) is 3.15. The standard InChI is InChI=1S/C14H18N4O/c1-9-7-13(17-14(15)18(9)3)16-12-6-4-5-11(8-12)10(2)19/h4-9,16H,1-3H3,(H2,15,17). The number of guanidine groups is 1. The summed E-state index contributed by atoms with van der Waals surface area (Å²) in [5.74, 6) is 1.21. The van der Waals surface area contributed by atoms with Gasteiger partial charge in [-0.3, -0.25) is 4.79 Å². The van der Waals surface area contributed by atoms with Crippen LogP contribution >= 0.6 is 0 Å². The summed E-state index contributed by atoms with van der Waals surface area (Å²) < 4.78 is 0. The number of nitrogens with two attached hydrogens (primary N) is 1. The Morgan fingerprint density at radius 2 is 2.21 bits per heavy atom. The van der Waals surface area contributed by atoms with E-state index in [0.29, 0.717) is 17.3 Å². The zero-order chi connectivity index (χ0) is 14.0. The second-order valence-corrected chi connectivity index (χ2v) is 4.64. The molecule has 100 valence electrons. The van der Waals surface area contributed by atoms with E-state index in [9.17, 15) is 4.79 Å². The van der Waals surface area contributed by atoms with Gasteiger partial charge in [0.25, 0.3) is 0 Å². The van der Waals surface area contributed by atoms with Gasteiger partial charge in [0, 0.05) is 18.3 Å². The molecule has 2 rings (SSSR count). The van der Waals surface area contributed by atoms with Crippen molar-refractivity contribution in [3.8, 4) is 0 Å². The van der Waals surface area contributed by atoms with Gasteiger partial charge in [0.2, 0.25) is 0 Å². The van der Waals surface area contributed by atoms with Crippen molar-refractivity contribution in [1.29, 1.82) is 0 Å². The Morgan fingerprint density at radius 3 is 2.84 bits per heavy atom. The van der Waals surface area contributed by atoms with Gasteiger partial charge in [-0.2, -0.15) is 4.99 Å². The normalized spacial score (nSPS) is 18.7. The van der Waals surface area contributed by atoms with Gasteiger partial charge in [0.15, 0.2) is 11.7 Å². The molecule has 0 bridgehead atoms. The lowest BCUT2D eigenvalue weighted by Crippen LogP contribution is -2.42. The quantitative estimate of drug-likeness (QED) is 0.811. The Labute approximate surface area is 112 Å². The summed E-state index contributed by atoms with van der Waals surface area (Å²) in [4.78, 5) is 17.5. The molecule has 19 heavy (non-hydrogen) atoms. The molecule has 0 aromatic heterocycles. The molecule has 0 saturated heterocycles. The lowest BCUT2D eigenvalue weighted by Gasteiger charge is -2.28. The molecule has 1 aliphatic rings. The maximum Gasteiger partial charge on any atom is 0.198 e. The van der Waals surface area contributed by atoms with Crippen LogP contribution in [0.25, 0.3) is 0 Å². The summed E-state index contributed by atoms with van der Waals surface area (Å²) in [5, 5.41) is 3.17. The molecule has 1 aromatic rings. The van der Waals surface area contributed by atoms with E-state index in [4.69, 9.17) is 5.73 Å². The number of ketones is 1. The monoisotopic (exact) mass is 258 g/mol. The molecule has 1 atom stereocenters. The van der Waals surface area contributed by atoms with E-state index in [0.717, 1.165) is 5.69 Å². The van der Waals surface area contributed by atoms with E-state index < -0.39 is 0 Å². The molecule has 0 aliphatic carbocycles. The zero-order valence-corrected chi connectivity index (χ0v) is 11.3. The lowest BCUT2D eigenvalue weighted by atomic mass is 10.1. The van der Waals surface area contributed by atoms with E-state index in [-0.39, 0.29) is 11.8 Å². The molecule has 0 fully saturated rings. The highest BCUT2D eigenvalue weighted by Gasteiger charge is 2.16. The first kappa shape index (κ1) is 13.1. The molecule has 5 heteroatoms. The van der Waals surface area contributed by atoms with Crippen LogP contribution in [0.2, 0.25) is 0 Å². The Kier molecular flexibility index (Phi) is 3.55. The minimum atomic E-state index is 0.0393. The van der Waals surface area contributed by atoms with Crippen LogP contribution in [0.1, 0.15) is 24.2 Å². The highest BCUT2D eigenvalue weighted by molar-refractivity contribution is 5.95. The van der Waals surface area contributed by atoms with Gasteiger partial charge in [-0.25, -0.2) is 0 Å². The number of carbonyl (C=O) groups is 1. The van der Waals surface area contributed by atoms with Crippen molar-refractivity contribution in [2.75, 3.05) is 12.4 Å². The number of anilines is 1. The first-order valence-corrected chi connectivity index (χ1v) is 6.14. The maximum atomic E-state index is 11.3. The average molecular weight is 258 g/mol. The van der Waals surface area contributed by atoms with Crippen LogP contribution in [0.3, 0.4) is 0 Å². The molecule has 1 heterocycles. The van der Waals surface area contributed by atoms with Gasteiger partial charge in [0.1, 0.15) is 5.82 Å². The van der Waals surface area contributed by atoms with Crippen molar-refractivity contribution in [2.24, 2.45) is 10.7 Å². The zero-order valence-electron chi connectivity index (χ0n) is 11.3. The summed E-state index contributed by atoms with van der Waals surface area (Å²) in [7, 11) is 1.90. The van der Waals surface area contributed by atoms with Gasteiger partial charge in [0.05, 0.1) is 6.04 Å². The van der Waals surface area contributed by atoms with Gasteiger partial charge >= 0.3 is 0 Å². The van der Waals surface area contributed by atoms with Crippen LogP contribution in [-0.2, 0) is 0 Å². The summed E-state index contributed by atoms with van der Waals surface area (Å²) in [6.07, 6.45) is 1.98. The number of nitrogens with one attached hydrogen (secondary N) is 1. The summed E-state index contributed by atoms with van der Waals surface area (Å²) in [6, 6.07) is 7.50. The Balaban J connectivity index is 2.20. The van der Waals surface area contributed by atoms with Crippen molar-refractivity contribution >= 4 is 17.4 Å². The van der Waals surface area contributed by atoms with E-state index in [1.807, 2.05) is 37.1 Å². The molecular weight excluding hydrogens is 240 g/mol. The molecule has 0 amide bonds. The molecule has 1 aliphatic heterocycles. The van der Waals surface area contributed by atoms with E-state index in [1.165, 1.54) is 0 Å². The molecule has 0 saturated carbocycles. The molecule has 3 N–H and O–H groups in total. The van der Waals surface area contributed by atoms with Crippen LogP contribution in [0.15, 0.2) is 41.2 Å². The number of rotatable bonds is 3. The number of aliphatic imine (C=N–C) groups is 1. The Morgan fingerprint density at radius 1 is 1.47 bits per heavy atom. The van der Waals surface area contributed by atoms with Crippen LogP contribution < -0.4 is 11.1 Å². The van der Waals surface area contributed by atoms with E-state index in [2.05, 4.69) is 10.3 Å². The van der Waals surface area contributed by atoms with E-state index in [1.54, 1.807) is 19.1 Å². The fraction of sp³-hybridized carbons (Fsp3) is 0.286. The molecular formula is C14H18N4O. The highest BCUT2D eigenvalue weighted by Crippen LogP contribution is 2.17. The summed E-state index contributed by atoms with van der Waals surface area (Å²) in [6.45, 7) is 3.58. The number of nitrogens with zero attached hydrogens (tertiary/aromatic N) is 2. The number of hydrogen-bond acceptors (Lipinski definition) is 5. The predicted octanol–water partition coefficient (Wildman–Crippen LogP) is 1.79. The number of hydrogen-bond donors (Lipinski definition) is 2. The third-order valence-electron chi connectivity index (χ3n) is 3.15. The largest absolute Gasteiger partial charge is 0.369 e. The Hall–Kier alpha value is -2.30. The number of Topliss-reactive ketones (excluding diaryl/α,β-unsaturated/α-hetero) is 1. The second-order valence-electron chi connectivity index (χ2n) is 4.64. The van der Waals surface area contributed by atoms with Crippen LogP contribution in [0.4, 0.5) is 5.69 Å². The average Bonchev–Trinajstić information content (AvgIpc) is 2.36. The SMILES string of the molecule is CC(=O)c1cccc(NC2=CC(C)N(C)C(N)=N2)c1. The van der Waals surface area contributed by atoms with Crippen LogP contribution in [0, 0.1) is 0 Å². The number of likely N-dealkylation sites (N-methyl/N-ethyl adjacent to an activating group) is 1. The van der Waals surface area contributed by atoms with Gasteiger partial charge in [-0.05, 0) is 32.1 Å². The Bertz CT molecular complexity index is 562. The molecule has 1 unspecified atom stereocenters. The van der Waals surface area contributed by atoms with Crippen molar-refractivity contribution in [1.82, 2.24) is 4.90 Å². The number of benzene rings is 1. The van der Waals surface area contributed by atoms with Crippen molar-refractivity contribution in [3.05, 3.63) is 41.7 Å². The van der Waals surface area contributed by atoms with Gasteiger partial charge in [-0.15, -0.1) is 0 Å². The van der Waals surface area contributed by atoms with Crippen LogP contribution in [0.5, 0.6) is 0 Å². The van der Waals surface area contributed by atoms with Crippen LogP contribution in [-0.4, -0.2) is 29.7 Å². The van der Waals surface area contributed by atoms with Crippen molar-refractivity contribution in [3.63, 3.8) is 0 Å². The van der Waals surface area contributed by atoms with Crippen molar-refractivity contribution < 1.29 is 4.79 Å². The molecule has 1 aromatic carbocycles. The topological polar surface area (TPSA) is 70.7 Å². The minimum absolute atomic E-state index is 0.0393. The fourth-order valence-electron chi connectivity index (χ4n) is 1.82. The first-order valence-electron chi connectivity index (χ1n) is 6.14. The maximum absolute atomic E-state index is 11.3. The second kappa shape index (κ2) is 5.14. The van der Waals surface area contributed by atoms with Gasteiger partial charge < -0.3 is 16.0 Å². The third kappa shape index (κ3) is 2.93. The van der Waals surface area contributed by atoms with Gasteiger partial charge in [-0.1, -0.05) is 12.1 Å². The smallest absolute Gasteiger partial charge is 0.198 e. The van der Waals surface area contributed by atoms with Crippen molar-refractivity contribution in [2.45, 2.75) is 19.9 Å². The first-order chi connectivity index (χ1) is 8.97. The lowest BCUT2D eigenvalue weighted by molar-refractivity contribution is 0.101. The molecule has 5 nitrogen and oxygen atoms in total. The fourth-order valence-corrected chi connectivity index (χ4v) is 1.82. The summed E-state index contributed by atoms with van der Waals surface area (Å²) >= 11 is 0. The predicted molar refractivity (Wildman–Crippen MR) is 77.0 cm³/mol. The highest BCUT2D eigenvalue weighted by atomic mass is 16.1. The molecule has 0 spiro atoms. The number of carbonyl (C=O) groups excluding carboxylic acids is 1. The minimum Gasteiger partial charge on any atom is -0.369 e. The summed E-state index contributed by atoms with van der Waals surface area (Å²) in [5.41, 5.74) is 7.33. The van der Waals surface area contributed by atoms with E-state index >= 15 is 0 Å². The molecule has 0 radical (unpaired) electrons.